The van der Waals surface area contributed by atoms with E-state index in [2.05, 4.69) is 27.0 Å². The summed E-state index contributed by atoms with van der Waals surface area (Å²) in [6.45, 7) is 10.2. The van der Waals surface area contributed by atoms with Gasteiger partial charge >= 0.3 is 0 Å². The van der Waals surface area contributed by atoms with Crippen LogP contribution in [0.3, 0.4) is 0 Å². The maximum absolute atomic E-state index is 3.00. The molecule has 2 aliphatic carbocycles. The SMILES string of the molecule is C1CCC1.C1CCC1.C=C.CCC. The molecule has 0 aromatic heterocycles. The molecule has 0 N–H and O–H groups in total. The van der Waals surface area contributed by atoms with Gasteiger partial charge in [-0.1, -0.05) is 71.6 Å². The van der Waals surface area contributed by atoms with Crippen LogP contribution in [-0.4, -0.2) is 0 Å². The predicted molar refractivity (Wildman–Crippen MR) is 64.2 cm³/mol. The van der Waals surface area contributed by atoms with E-state index >= 15 is 0 Å². The van der Waals surface area contributed by atoms with Gasteiger partial charge in [0.1, 0.15) is 0 Å². The largest absolute Gasteiger partial charge is 0.106 e. The summed E-state index contributed by atoms with van der Waals surface area (Å²) in [5, 5.41) is 0. The average molecular weight is 184 g/mol. The van der Waals surface area contributed by atoms with Crippen LogP contribution in [0.5, 0.6) is 0 Å². The molecular weight excluding hydrogens is 156 g/mol. The van der Waals surface area contributed by atoms with E-state index in [0.717, 1.165) is 0 Å². The van der Waals surface area contributed by atoms with Crippen molar-refractivity contribution in [3.63, 3.8) is 0 Å². The van der Waals surface area contributed by atoms with Crippen molar-refractivity contribution in [3.8, 4) is 0 Å². The number of rotatable bonds is 0. The van der Waals surface area contributed by atoms with Crippen molar-refractivity contribution in [2.24, 2.45) is 0 Å². The summed E-state index contributed by atoms with van der Waals surface area (Å²) >= 11 is 0. The van der Waals surface area contributed by atoms with E-state index in [9.17, 15) is 0 Å². The summed E-state index contributed by atoms with van der Waals surface area (Å²) < 4.78 is 0. The molecule has 0 bridgehead atoms. The van der Waals surface area contributed by atoms with Gasteiger partial charge in [0.2, 0.25) is 0 Å². The fourth-order valence-electron chi connectivity index (χ4n) is 0.500. The van der Waals surface area contributed by atoms with Gasteiger partial charge in [0.15, 0.2) is 0 Å². The van der Waals surface area contributed by atoms with E-state index in [4.69, 9.17) is 0 Å². The van der Waals surface area contributed by atoms with Gasteiger partial charge in [0.05, 0.1) is 0 Å². The molecule has 2 fully saturated rings. The van der Waals surface area contributed by atoms with Crippen LogP contribution in [0.25, 0.3) is 0 Å². The number of hydrogen-bond acceptors (Lipinski definition) is 0. The Labute approximate surface area is 85.4 Å². The topological polar surface area (TPSA) is 0 Å². The Morgan fingerprint density at radius 1 is 0.615 bits per heavy atom. The zero-order chi connectivity index (χ0) is 10.4. The van der Waals surface area contributed by atoms with Crippen LogP contribution < -0.4 is 0 Å². The minimum atomic E-state index is 1.25. The Morgan fingerprint density at radius 3 is 0.692 bits per heavy atom. The fraction of sp³-hybridized carbons (Fsp3) is 0.846. The third-order valence-corrected chi connectivity index (χ3v) is 2.00. The standard InChI is InChI=1S/2C4H8.C3H8.C2H4/c2*1-2-4-3-1;1-3-2;1-2/h2*1-4H2;3H2,1-2H3;1-2H2. The quantitative estimate of drug-likeness (QED) is 0.446. The van der Waals surface area contributed by atoms with Crippen molar-refractivity contribution in [1.82, 2.24) is 0 Å². The summed E-state index contributed by atoms with van der Waals surface area (Å²) in [7, 11) is 0. The minimum absolute atomic E-state index is 1.25. The lowest BCUT2D eigenvalue weighted by Crippen LogP contribution is -1.85. The van der Waals surface area contributed by atoms with Crippen LogP contribution in [0.2, 0.25) is 0 Å². The molecule has 0 spiro atoms. The lowest BCUT2D eigenvalue weighted by molar-refractivity contribution is 0.504. The smallest absolute Gasteiger partial charge is 0.0533 e. The lowest BCUT2D eigenvalue weighted by atomic mass is 10.0. The van der Waals surface area contributed by atoms with Crippen LogP contribution >= 0.6 is 0 Å². The van der Waals surface area contributed by atoms with Crippen molar-refractivity contribution < 1.29 is 0 Å². The van der Waals surface area contributed by atoms with Crippen LogP contribution in [0.4, 0.5) is 0 Å². The van der Waals surface area contributed by atoms with Gasteiger partial charge in [0, 0.05) is 0 Å². The van der Waals surface area contributed by atoms with Gasteiger partial charge in [-0.15, -0.1) is 13.2 Å². The van der Waals surface area contributed by atoms with Gasteiger partial charge < -0.3 is 0 Å². The minimum Gasteiger partial charge on any atom is -0.106 e. The highest BCUT2D eigenvalue weighted by atomic mass is 14.0. The second-order valence-electron chi connectivity index (χ2n) is 3.54. The Morgan fingerprint density at radius 2 is 0.692 bits per heavy atom. The third-order valence-electron chi connectivity index (χ3n) is 2.00. The summed E-state index contributed by atoms with van der Waals surface area (Å²) in [6, 6.07) is 0. The Bertz CT molecular complexity index is 42.4. The molecule has 0 nitrogen and oxygen atoms in total. The summed E-state index contributed by atoms with van der Waals surface area (Å²) in [4.78, 5) is 0. The van der Waals surface area contributed by atoms with E-state index in [0.29, 0.717) is 0 Å². The van der Waals surface area contributed by atoms with Gasteiger partial charge in [-0.2, -0.15) is 0 Å². The molecule has 0 saturated heterocycles. The zero-order valence-corrected chi connectivity index (χ0v) is 9.78. The molecule has 0 heterocycles. The molecule has 0 unspecified atom stereocenters. The van der Waals surface area contributed by atoms with Crippen molar-refractivity contribution in [2.45, 2.75) is 71.6 Å². The summed E-state index contributed by atoms with van der Waals surface area (Å²) in [6.07, 6.45) is 13.2. The van der Waals surface area contributed by atoms with Crippen molar-refractivity contribution in [1.29, 1.82) is 0 Å². The van der Waals surface area contributed by atoms with Crippen LogP contribution in [-0.2, 0) is 0 Å². The highest BCUT2D eigenvalue weighted by Gasteiger charge is 1.95. The van der Waals surface area contributed by atoms with E-state index in [-0.39, 0.29) is 0 Å². The normalized spacial score (nSPS) is 16.5. The van der Waals surface area contributed by atoms with E-state index in [1.165, 1.54) is 57.8 Å². The molecule has 2 aliphatic rings. The number of hydrogen-bond donors (Lipinski definition) is 0. The highest BCUT2D eigenvalue weighted by molar-refractivity contribution is 4.51. The molecule has 0 aromatic rings. The fourth-order valence-corrected chi connectivity index (χ4v) is 0.500. The highest BCUT2D eigenvalue weighted by Crippen LogP contribution is 2.15. The molecule has 0 amide bonds. The van der Waals surface area contributed by atoms with Crippen molar-refractivity contribution in [2.75, 3.05) is 0 Å². The molecular formula is C13H28. The van der Waals surface area contributed by atoms with E-state index in [1.54, 1.807) is 0 Å². The summed E-state index contributed by atoms with van der Waals surface area (Å²) in [5.74, 6) is 0. The lowest BCUT2D eigenvalue weighted by Gasteiger charge is -2.05. The summed E-state index contributed by atoms with van der Waals surface area (Å²) in [5.41, 5.74) is 0. The van der Waals surface area contributed by atoms with Gasteiger partial charge in [-0.3, -0.25) is 0 Å². The molecule has 0 aliphatic heterocycles. The average Bonchev–Trinajstić information content (AvgIpc) is 1.84. The van der Waals surface area contributed by atoms with E-state index in [1.807, 2.05) is 0 Å². The van der Waals surface area contributed by atoms with Gasteiger partial charge in [-0.25, -0.2) is 0 Å². The first-order valence-electron chi connectivity index (χ1n) is 5.91. The molecule has 0 heteroatoms. The van der Waals surface area contributed by atoms with Gasteiger partial charge in [-0.05, 0) is 0 Å². The Balaban J connectivity index is 0. The van der Waals surface area contributed by atoms with E-state index < -0.39 is 0 Å². The second kappa shape index (κ2) is 17.7. The Hall–Kier alpha value is -0.260. The second-order valence-corrected chi connectivity index (χ2v) is 3.54. The Kier molecular flexibility index (Phi) is 20.8. The van der Waals surface area contributed by atoms with Crippen LogP contribution in [0.15, 0.2) is 13.2 Å². The third kappa shape index (κ3) is 18.6. The molecule has 13 heavy (non-hydrogen) atoms. The first-order chi connectivity index (χ1) is 6.41. The van der Waals surface area contributed by atoms with Crippen molar-refractivity contribution in [3.05, 3.63) is 13.2 Å². The first kappa shape index (κ1) is 15.2. The molecule has 0 atom stereocenters. The predicted octanol–water partition coefficient (Wildman–Crippen LogP) is 5.34. The van der Waals surface area contributed by atoms with Gasteiger partial charge in [0.25, 0.3) is 0 Å². The molecule has 2 rings (SSSR count). The van der Waals surface area contributed by atoms with Crippen molar-refractivity contribution >= 4 is 0 Å². The maximum Gasteiger partial charge on any atom is -0.0533 e. The molecule has 2 saturated carbocycles. The van der Waals surface area contributed by atoms with Crippen LogP contribution in [0, 0.1) is 0 Å². The monoisotopic (exact) mass is 184 g/mol. The first-order valence-corrected chi connectivity index (χ1v) is 5.91. The maximum atomic E-state index is 3.00. The molecule has 0 radical (unpaired) electrons. The van der Waals surface area contributed by atoms with Crippen LogP contribution in [0.1, 0.15) is 71.6 Å². The molecule has 0 aromatic carbocycles. The zero-order valence-electron chi connectivity index (χ0n) is 9.78. The molecule has 80 valence electrons.